The van der Waals surface area contributed by atoms with Gasteiger partial charge in [-0.05, 0) is 30.7 Å². The first-order valence-corrected chi connectivity index (χ1v) is 9.46. The fraction of sp³-hybridized carbons (Fsp3) is 0.176. The fourth-order valence-corrected chi connectivity index (χ4v) is 3.48. The van der Waals surface area contributed by atoms with Crippen molar-refractivity contribution in [1.29, 1.82) is 0 Å². The number of halogens is 4. The summed E-state index contributed by atoms with van der Waals surface area (Å²) in [4.78, 5) is 9.05. The van der Waals surface area contributed by atoms with Crippen molar-refractivity contribution in [3.05, 3.63) is 53.6 Å². The average molecular weight is 399 g/mol. The van der Waals surface area contributed by atoms with E-state index >= 15 is 0 Å². The van der Waals surface area contributed by atoms with Crippen molar-refractivity contribution in [2.75, 3.05) is 6.26 Å². The molecule has 142 valence electrons. The summed E-state index contributed by atoms with van der Waals surface area (Å²) in [5, 5.41) is 0. The third kappa shape index (κ3) is 3.70. The van der Waals surface area contributed by atoms with Crippen LogP contribution < -0.4 is 0 Å². The van der Waals surface area contributed by atoms with Crippen molar-refractivity contribution in [2.45, 2.75) is 18.2 Å². The Hall–Kier alpha value is -2.75. The van der Waals surface area contributed by atoms with Crippen LogP contribution in [0.5, 0.6) is 0 Å². The van der Waals surface area contributed by atoms with E-state index in [1.165, 1.54) is 6.20 Å². The summed E-state index contributed by atoms with van der Waals surface area (Å²) < 4.78 is 77.8. The topological polar surface area (TPSA) is 75.7 Å². The zero-order valence-corrected chi connectivity index (χ0v) is 14.9. The molecule has 0 bridgehead atoms. The molecule has 3 rings (SSSR count). The number of hydrogen-bond donors (Lipinski definition) is 1. The molecule has 0 radical (unpaired) electrons. The molecule has 0 atom stereocenters. The molecule has 0 amide bonds. The van der Waals surface area contributed by atoms with Crippen molar-refractivity contribution in [1.82, 2.24) is 15.0 Å². The molecule has 0 saturated heterocycles. The zero-order chi connectivity index (χ0) is 19.9. The van der Waals surface area contributed by atoms with Gasteiger partial charge in [0, 0.05) is 29.8 Å². The molecule has 0 aliphatic carbocycles. The van der Waals surface area contributed by atoms with Gasteiger partial charge in [0.05, 0.1) is 11.4 Å². The number of rotatable bonds is 4. The Bertz CT molecular complexity index is 1100. The van der Waals surface area contributed by atoms with E-state index in [4.69, 9.17) is 0 Å². The number of aryl methyl sites for hydroxylation is 1. The number of hydrogen-bond acceptors (Lipinski definition) is 4. The lowest BCUT2D eigenvalue weighted by Crippen LogP contribution is -2.05. The first-order valence-electron chi connectivity index (χ1n) is 7.57. The number of alkyl halides is 2. The molecule has 0 aliphatic rings. The number of aromatic amines is 1. The highest BCUT2D eigenvalue weighted by atomic mass is 32.2. The predicted octanol–water partition coefficient (Wildman–Crippen LogP) is 4.07. The van der Waals surface area contributed by atoms with Crippen LogP contribution in [-0.2, 0) is 9.84 Å². The van der Waals surface area contributed by atoms with Crippen molar-refractivity contribution in [3.63, 3.8) is 0 Å². The Morgan fingerprint density at radius 1 is 1.04 bits per heavy atom. The summed E-state index contributed by atoms with van der Waals surface area (Å²) in [6, 6.07) is 3.14. The van der Waals surface area contributed by atoms with Gasteiger partial charge in [0.15, 0.2) is 15.7 Å². The molecule has 0 aliphatic heterocycles. The van der Waals surface area contributed by atoms with Gasteiger partial charge in [0.25, 0.3) is 6.43 Å². The van der Waals surface area contributed by atoms with Crippen LogP contribution in [0, 0.1) is 18.6 Å². The smallest absolute Gasteiger partial charge is 0.295 e. The van der Waals surface area contributed by atoms with Crippen LogP contribution in [0.25, 0.3) is 22.5 Å². The van der Waals surface area contributed by atoms with Crippen LogP contribution in [0.15, 0.2) is 35.5 Å². The minimum Gasteiger partial charge on any atom is -0.337 e. The molecule has 0 unspecified atom stereocenters. The molecule has 1 N–H and O–H groups in total. The number of pyridine rings is 1. The second kappa shape index (κ2) is 6.76. The van der Waals surface area contributed by atoms with Gasteiger partial charge in [0.1, 0.15) is 16.5 Å². The summed E-state index contributed by atoms with van der Waals surface area (Å²) >= 11 is 0. The molecule has 3 aromatic rings. The second-order valence-electron chi connectivity index (χ2n) is 5.94. The van der Waals surface area contributed by atoms with E-state index in [2.05, 4.69) is 15.0 Å². The Kier molecular flexibility index (Phi) is 4.77. The number of H-pyrrole nitrogens is 1. The van der Waals surface area contributed by atoms with Gasteiger partial charge in [-0.25, -0.2) is 31.0 Å². The van der Waals surface area contributed by atoms with Gasteiger partial charge in [-0.2, -0.15) is 0 Å². The van der Waals surface area contributed by atoms with Gasteiger partial charge >= 0.3 is 0 Å². The quantitative estimate of drug-likeness (QED) is 0.671. The normalized spacial score (nSPS) is 12.0. The van der Waals surface area contributed by atoms with Crippen molar-refractivity contribution in [2.24, 2.45) is 0 Å². The van der Waals surface area contributed by atoms with E-state index in [-0.39, 0.29) is 17.0 Å². The van der Waals surface area contributed by atoms with Gasteiger partial charge in [-0.3, -0.25) is 4.98 Å². The highest BCUT2D eigenvalue weighted by Gasteiger charge is 2.24. The standard InChI is InChI=1S/C17H13F4N3O2S/c1-8-3-10(7-22-6-8)14-13(23-17(24-14)16(20)21)9-4-11(18)15(12(19)5-9)27(2,25)26/h3-7,16H,1-2H3,(H,23,24). The summed E-state index contributed by atoms with van der Waals surface area (Å²) in [7, 11) is -4.15. The van der Waals surface area contributed by atoms with E-state index in [1.807, 2.05) is 0 Å². The molecule has 10 heteroatoms. The highest BCUT2D eigenvalue weighted by Crippen LogP contribution is 2.34. The zero-order valence-electron chi connectivity index (χ0n) is 14.1. The Balaban J connectivity index is 2.26. The van der Waals surface area contributed by atoms with Gasteiger partial charge < -0.3 is 4.98 Å². The Morgan fingerprint density at radius 3 is 2.19 bits per heavy atom. The van der Waals surface area contributed by atoms with Crippen LogP contribution in [0.1, 0.15) is 17.8 Å². The van der Waals surface area contributed by atoms with Gasteiger partial charge in [0.2, 0.25) is 0 Å². The number of benzene rings is 1. The van der Waals surface area contributed by atoms with Crippen molar-refractivity contribution in [3.8, 4) is 22.5 Å². The minimum atomic E-state index is -4.15. The van der Waals surface area contributed by atoms with E-state index < -0.39 is 38.6 Å². The van der Waals surface area contributed by atoms with E-state index in [1.54, 1.807) is 19.2 Å². The van der Waals surface area contributed by atoms with Gasteiger partial charge in [-0.1, -0.05) is 0 Å². The molecule has 5 nitrogen and oxygen atoms in total. The molecular formula is C17H13F4N3O2S. The van der Waals surface area contributed by atoms with Crippen LogP contribution >= 0.6 is 0 Å². The monoisotopic (exact) mass is 399 g/mol. The summed E-state index contributed by atoms with van der Waals surface area (Å²) in [6.45, 7) is 1.73. The number of sulfone groups is 1. The number of imidazole rings is 1. The molecule has 0 saturated carbocycles. The third-order valence-electron chi connectivity index (χ3n) is 3.73. The molecule has 27 heavy (non-hydrogen) atoms. The molecule has 0 spiro atoms. The molecule has 0 fully saturated rings. The summed E-state index contributed by atoms with van der Waals surface area (Å²) in [6.07, 6.45) is 0.646. The first kappa shape index (κ1) is 19.0. The minimum absolute atomic E-state index is 0.0207. The van der Waals surface area contributed by atoms with Crippen LogP contribution in [0.2, 0.25) is 0 Å². The van der Waals surface area contributed by atoms with E-state index in [0.717, 1.165) is 17.7 Å². The lowest BCUT2D eigenvalue weighted by Gasteiger charge is -2.08. The van der Waals surface area contributed by atoms with Crippen LogP contribution in [0.4, 0.5) is 17.6 Å². The number of nitrogens with one attached hydrogen (secondary N) is 1. The SMILES string of the molecule is Cc1cncc(-c2nc(C(F)F)[nH]c2-c2cc(F)c(S(C)(=O)=O)c(F)c2)c1. The molecular weight excluding hydrogens is 386 g/mol. The molecule has 2 heterocycles. The lowest BCUT2D eigenvalue weighted by atomic mass is 10.1. The maximum absolute atomic E-state index is 14.2. The third-order valence-corrected chi connectivity index (χ3v) is 4.87. The lowest BCUT2D eigenvalue weighted by molar-refractivity contribution is 0.141. The second-order valence-corrected chi connectivity index (χ2v) is 7.89. The Morgan fingerprint density at radius 2 is 1.67 bits per heavy atom. The molecule has 1 aromatic carbocycles. The number of aromatic nitrogens is 3. The first-order chi connectivity index (χ1) is 12.6. The van der Waals surface area contributed by atoms with Gasteiger partial charge in [-0.15, -0.1) is 0 Å². The van der Waals surface area contributed by atoms with Crippen molar-refractivity contribution >= 4 is 9.84 Å². The average Bonchev–Trinajstić information content (AvgIpc) is 2.98. The van der Waals surface area contributed by atoms with Crippen molar-refractivity contribution < 1.29 is 26.0 Å². The summed E-state index contributed by atoms with van der Waals surface area (Å²) in [5.41, 5.74) is 0.877. The summed E-state index contributed by atoms with van der Waals surface area (Å²) in [5.74, 6) is -3.34. The van der Waals surface area contributed by atoms with E-state index in [9.17, 15) is 26.0 Å². The van der Waals surface area contributed by atoms with Crippen LogP contribution in [0.3, 0.4) is 0 Å². The molecule has 2 aromatic heterocycles. The largest absolute Gasteiger partial charge is 0.337 e. The highest BCUT2D eigenvalue weighted by molar-refractivity contribution is 7.90. The fourth-order valence-electron chi connectivity index (χ4n) is 2.66. The predicted molar refractivity (Wildman–Crippen MR) is 90.0 cm³/mol. The number of nitrogens with zero attached hydrogens (tertiary/aromatic N) is 2. The van der Waals surface area contributed by atoms with E-state index in [0.29, 0.717) is 11.8 Å². The maximum atomic E-state index is 14.2. The maximum Gasteiger partial charge on any atom is 0.295 e. The Labute approximate surface area is 152 Å². The van der Waals surface area contributed by atoms with Crippen LogP contribution in [-0.4, -0.2) is 29.6 Å².